The summed E-state index contributed by atoms with van der Waals surface area (Å²) in [5.41, 5.74) is 0.850. The van der Waals surface area contributed by atoms with Crippen LogP contribution in [-0.2, 0) is 9.59 Å². The van der Waals surface area contributed by atoms with Crippen LogP contribution in [0.1, 0.15) is 33.1 Å². The molecule has 1 atom stereocenters. The van der Waals surface area contributed by atoms with E-state index >= 15 is 0 Å². The van der Waals surface area contributed by atoms with E-state index in [0.717, 1.165) is 24.2 Å². The minimum atomic E-state index is -0.515. The van der Waals surface area contributed by atoms with Gasteiger partial charge in [0.25, 0.3) is 5.91 Å². The van der Waals surface area contributed by atoms with Gasteiger partial charge in [-0.3, -0.25) is 14.5 Å². The molecule has 2 saturated heterocycles. The fraction of sp³-hybridized carbons (Fsp3) is 0.688. The summed E-state index contributed by atoms with van der Waals surface area (Å²) in [6.45, 7) is 4.81. The van der Waals surface area contributed by atoms with Gasteiger partial charge in [-0.1, -0.05) is 11.6 Å². The summed E-state index contributed by atoms with van der Waals surface area (Å²) in [6.07, 6.45) is 4.48. The summed E-state index contributed by atoms with van der Waals surface area (Å²) in [4.78, 5) is 38.2. The van der Waals surface area contributed by atoms with Gasteiger partial charge in [0.1, 0.15) is 6.54 Å². The SMILES string of the molecule is CC(C)=CC[C@@]1(CO)CCCN(C(=O)CN2C(=O)CNC2=O)C1. The number of aliphatic hydroxyl groups is 1. The maximum atomic E-state index is 12.4. The lowest BCUT2D eigenvalue weighted by Crippen LogP contribution is -2.51. The van der Waals surface area contributed by atoms with Crippen molar-refractivity contribution in [1.29, 1.82) is 0 Å². The minimum Gasteiger partial charge on any atom is -0.396 e. The van der Waals surface area contributed by atoms with Crippen molar-refractivity contribution in [3.63, 3.8) is 0 Å². The van der Waals surface area contributed by atoms with Crippen LogP contribution in [0.5, 0.6) is 0 Å². The number of urea groups is 1. The smallest absolute Gasteiger partial charge is 0.325 e. The lowest BCUT2D eigenvalue weighted by atomic mass is 9.77. The molecule has 0 spiro atoms. The highest BCUT2D eigenvalue weighted by molar-refractivity contribution is 6.04. The second-order valence-corrected chi connectivity index (χ2v) is 6.70. The lowest BCUT2D eigenvalue weighted by molar-refractivity contribution is -0.139. The van der Waals surface area contributed by atoms with Gasteiger partial charge in [0, 0.05) is 18.5 Å². The van der Waals surface area contributed by atoms with Crippen molar-refractivity contribution in [1.82, 2.24) is 15.1 Å². The van der Waals surface area contributed by atoms with Gasteiger partial charge in [0.2, 0.25) is 5.91 Å². The molecule has 0 saturated carbocycles. The Bertz CT molecular complexity index is 511. The third-order valence-electron chi connectivity index (χ3n) is 4.52. The molecule has 0 bridgehead atoms. The summed E-state index contributed by atoms with van der Waals surface area (Å²) >= 11 is 0. The third-order valence-corrected chi connectivity index (χ3v) is 4.52. The molecule has 0 aliphatic carbocycles. The Morgan fingerprint density at radius 1 is 1.39 bits per heavy atom. The Hall–Kier alpha value is -1.89. The van der Waals surface area contributed by atoms with Crippen molar-refractivity contribution >= 4 is 17.8 Å². The first-order valence-corrected chi connectivity index (χ1v) is 7.97. The molecule has 23 heavy (non-hydrogen) atoms. The largest absolute Gasteiger partial charge is 0.396 e. The van der Waals surface area contributed by atoms with Gasteiger partial charge in [-0.25, -0.2) is 4.79 Å². The predicted octanol–water partition coefficient (Wildman–Crippen LogP) is 0.496. The number of likely N-dealkylation sites (tertiary alicyclic amines) is 1. The van der Waals surface area contributed by atoms with Gasteiger partial charge in [-0.15, -0.1) is 0 Å². The Balaban J connectivity index is 2.01. The van der Waals surface area contributed by atoms with Crippen molar-refractivity contribution in [2.75, 3.05) is 32.8 Å². The highest BCUT2D eigenvalue weighted by Gasteiger charge is 2.38. The first kappa shape index (κ1) is 17.5. The van der Waals surface area contributed by atoms with E-state index in [1.54, 1.807) is 4.90 Å². The zero-order valence-electron chi connectivity index (χ0n) is 13.8. The number of nitrogens with one attached hydrogen (secondary N) is 1. The Morgan fingerprint density at radius 3 is 2.70 bits per heavy atom. The van der Waals surface area contributed by atoms with E-state index in [4.69, 9.17) is 0 Å². The van der Waals surface area contributed by atoms with E-state index in [-0.39, 0.29) is 36.9 Å². The van der Waals surface area contributed by atoms with E-state index < -0.39 is 6.03 Å². The fourth-order valence-corrected chi connectivity index (χ4v) is 3.05. The lowest BCUT2D eigenvalue weighted by Gasteiger charge is -2.41. The molecule has 128 valence electrons. The fourth-order valence-electron chi connectivity index (χ4n) is 3.05. The standard InChI is InChI=1S/C16H25N3O4/c1-12(2)4-6-16(11-20)5-3-7-18(10-16)14(22)9-19-13(21)8-17-15(19)23/h4,20H,3,5-11H2,1-2H3,(H,17,23)/t16-/m0/s1. The third kappa shape index (κ3) is 4.10. The van der Waals surface area contributed by atoms with E-state index in [0.29, 0.717) is 13.1 Å². The van der Waals surface area contributed by atoms with Crippen LogP contribution >= 0.6 is 0 Å². The summed E-state index contributed by atoms with van der Waals surface area (Å²) in [5.74, 6) is -0.622. The van der Waals surface area contributed by atoms with Crippen LogP contribution in [0.3, 0.4) is 0 Å². The number of hydrogen-bond donors (Lipinski definition) is 2. The summed E-state index contributed by atoms with van der Waals surface area (Å²) < 4.78 is 0. The monoisotopic (exact) mass is 323 g/mol. The molecule has 0 radical (unpaired) electrons. The number of carbonyl (C=O) groups excluding carboxylic acids is 3. The number of carbonyl (C=O) groups is 3. The van der Waals surface area contributed by atoms with Gasteiger partial charge in [0.15, 0.2) is 0 Å². The van der Waals surface area contributed by atoms with Crippen LogP contribution in [-0.4, -0.2) is 65.5 Å². The molecule has 4 amide bonds. The molecule has 2 aliphatic rings. The van der Waals surface area contributed by atoms with Crippen LogP contribution in [0.25, 0.3) is 0 Å². The number of hydrogen-bond acceptors (Lipinski definition) is 4. The van der Waals surface area contributed by atoms with Gasteiger partial charge >= 0.3 is 6.03 Å². The Labute approximate surface area is 136 Å². The molecule has 0 aromatic heterocycles. The second kappa shape index (κ2) is 7.12. The van der Waals surface area contributed by atoms with E-state index in [9.17, 15) is 19.5 Å². The Kier molecular flexibility index (Phi) is 5.41. The second-order valence-electron chi connectivity index (χ2n) is 6.70. The normalized spacial score (nSPS) is 24.7. The van der Waals surface area contributed by atoms with Crippen LogP contribution in [0.15, 0.2) is 11.6 Å². The number of piperidine rings is 1. The summed E-state index contributed by atoms with van der Waals surface area (Å²) in [7, 11) is 0. The molecule has 0 aromatic rings. The van der Waals surface area contributed by atoms with Crippen molar-refractivity contribution in [2.24, 2.45) is 5.41 Å². The Morgan fingerprint density at radius 2 is 2.13 bits per heavy atom. The average Bonchev–Trinajstić information content (AvgIpc) is 2.85. The number of aliphatic hydroxyl groups excluding tert-OH is 1. The molecule has 7 nitrogen and oxygen atoms in total. The number of allylic oxidation sites excluding steroid dienone is 2. The molecule has 2 fully saturated rings. The molecule has 2 N–H and O–H groups in total. The molecule has 0 unspecified atom stereocenters. The van der Waals surface area contributed by atoms with Crippen molar-refractivity contribution < 1.29 is 19.5 Å². The number of nitrogens with zero attached hydrogens (tertiary/aromatic N) is 2. The van der Waals surface area contributed by atoms with Crippen LogP contribution in [0, 0.1) is 5.41 Å². The van der Waals surface area contributed by atoms with Crippen LogP contribution < -0.4 is 5.32 Å². The zero-order chi connectivity index (χ0) is 17.0. The molecule has 2 heterocycles. The number of amides is 4. The molecule has 7 heteroatoms. The van der Waals surface area contributed by atoms with Crippen molar-refractivity contribution in [3.05, 3.63) is 11.6 Å². The molecule has 2 rings (SSSR count). The highest BCUT2D eigenvalue weighted by atomic mass is 16.3. The zero-order valence-corrected chi connectivity index (χ0v) is 13.8. The van der Waals surface area contributed by atoms with E-state index in [1.165, 1.54) is 5.57 Å². The van der Waals surface area contributed by atoms with Gasteiger partial charge < -0.3 is 15.3 Å². The van der Waals surface area contributed by atoms with E-state index in [2.05, 4.69) is 11.4 Å². The van der Waals surface area contributed by atoms with Gasteiger partial charge in [-0.05, 0) is 33.1 Å². The van der Waals surface area contributed by atoms with E-state index in [1.807, 2.05) is 13.8 Å². The number of imide groups is 1. The van der Waals surface area contributed by atoms with Crippen LogP contribution in [0.4, 0.5) is 4.79 Å². The minimum absolute atomic E-state index is 0.0176. The quantitative estimate of drug-likeness (QED) is 0.569. The molecule has 0 aromatic carbocycles. The number of rotatable bonds is 5. The average molecular weight is 323 g/mol. The molecular formula is C16H25N3O4. The molecule has 2 aliphatic heterocycles. The van der Waals surface area contributed by atoms with Gasteiger partial charge in [0.05, 0.1) is 13.2 Å². The maximum Gasteiger partial charge on any atom is 0.325 e. The summed E-state index contributed by atoms with van der Waals surface area (Å²) in [5, 5.41) is 12.2. The predicted molar refractivity (Wildman–Crippen MR) is 84.5 cm³/mol. The van der Waals surface area contributed by atoms with Crippen molar-refractivity contribution in [2.45, 2.75) is 33.1 Å². The topological polar surface area (TPSA) is 89.9 Å². The summed E-state index contributed by atoms with van der Waals surface area (Å²) in [6, 6.07) is -0.515. The van der Waals surface area contributed by atoms with Crippen LogP contribution in [0.2, 0.25) is 0 Å². The first-order valence-electron chi connectivity index (χ1n) is 7.97. The highest BCUT2D eigenvalue weighted by Crippen LogP contribution is 2.34. The molecular weight excluding hydrogens is 298 g/mol. The van der Waals surface area contributed by atoms with Crippen molar-refractivity contribution in [3.8, 4) is 0 Å². The first-order chi connectivity index (χ1) is 10.9. The van der Waals surface area contributed by atoms with Gasteiger partial charge in [-0.2, -0.15) is 0 Å². The maximum absolute atomic E-state index is 12.4.